The summed E-state index contributed by atoms with van der Waals surface area (Å²) in [5.74, 6) is -0.321. The first-order valence-corrected chi connectivity index (χ1v) is 5.20. The first-order chi connectivity index (χ1) is 8.24. The SMILES string of the molecule is O=C1NC(=O)C(c2ccc3ncccc3c2)N1. The van der Waals surface area contributed by atoms with Crippen molar-refractivity contribution in [2.45, 2.75) is 6.04 Å². The van der Waals surface area contributed by atoms with Gasteiger partial charge in [0.2, 0.25) is 0 Å². The van der Waals surface area contributed by atoms with Crippen molar-refractivity contribution in [3.8, 4) is 0 Å². The van der Waals surface area contributed by atoms with Gasteiger partial charge in [-0.15, -0.1) is 0 Å². The van der Waals surface area contributed by atoms with Crippen molar-refractivity contribution in [1.29, 1.82) is 0 Å². The zero-order chi connectivity index (χ0) is 11.8. The first-order valence-electron chi connectivity index (χ1n) is 5.20. The van der Waals surface area contributed by atoms with Gasteiger partial charge in [-0.25, -0.2) is 4.79 Å². The molecule has 84 valence electrons. The molecule has 0 bridgehead atoms. The molecule has 1 atom stereocenters. The van der Waals surface area contributed by atoms with Gasteiger partial charge in [-0.05, 0) is 23.8 Å². The Balaban J connectivity index is 2.06. The lowest BCUT2D eigenvalue weighted by molar-refractivity contribution is -0.120. The molecule has 0 saturated carbocycles. The quantitative estimate of drug-likeness (QED) is 0.717. The zero-order valence-corrected chi connectivity index (χ0v) is 8.81. The highest BCUT2D eigenvalue weighted by Crippen LogP contribution is 2.21. The van der Waals surface area contributed by atoms with E-state index in [1.54, 1.807) is 12.3 Å². The molecule has 17 heavy (non-hydrogen) atoms. The van der Waals surface area contributed by atoms with Gasteiger partial charge in [-0.2, -0.15) is 0 Å². The van der Waals surface area contributed by atoms with Gasteiger partial charge < -0.3 is 5.32 Å². The molecule has 1 saturated heterocycles. The molecule has 1 fully saturated rings. The number of aromatic nitrogens is 1. The van der Waals surface area contributed by atoms with Crippen LogP contribution in [0.2, 0.25) is 0 Å². The summed E-state index contributed by atoms with van der Waals surface area (Å²) in [5.41, 5.74) is 1.62. The molecule has 1 aromatic carbocycles. The average molecular weight is 227 g/mol. The molecule has 3 amide bonds. The Hall–Kier alpha value is -2.43. The van der Waals surface area contributed by atoms with Crippen molar-refractivity contribution >= 4 is 22.8 Å². The molecule has 2 heterocycles. The Morgan fingerprint density at radius 3 is 2.82 bits per heavy atom. The van der Waals surface area contributed by atoms with Crippen molar-refractivity contribution in [3.63, 3.8) is 0 Å². The van der Waals surface area contributed by atoms with Crippen LogP contribution in [-0.2, 0) is 4.79 Å². The number of imide groups is 1. The van der Waals surface area contributed by atoms with E-state index in [0.717, 1.165) is 16.5 Å². The second-order valence-electron chi connectivity index (χ2n) is 3.85. The maximum atomic E-state index is 11.5. The molecule has 2 aromatic rings. The molecule has 0 radical (unpaired) electrons. The van der Waals surface area contributed by atoms with Gasteiger partial charge in [-0.3, -0.25) is 15.1 Å². The number of nitrogens with one attached hydrogen (secondary N) is 2. The van der Waals surface area contributed by atoms with Crippen LogP contribution in [0.15, 0.2) is 36.5 Å². The molecule has 1 aliphatic rings. The Kier molecular flexibility index (Phi) is 2.04. The Labute approximate surface area is 96.8 Å². The third-order valence-corrected chi connectivity index (χ3v) is 2.73. The van der Waals surface area contributed by atoms with Crippen molar-refractivity contribution in [1.82, 2.24) is 15.6 Å². The van der Waals surface area contributed by atoms with Gasteiger partial charge in [0.05, 0.1) is 5.52 Å². The number of amides is 3. The van der Waals surface area contributed by atoms with Gasteiger partial charge in [-0.1, -0.05) is 12.1 Å². The van der Waals surface area contributed by atoms with Crippen molar-refractivity contribution in [2.24, 2.45) is 0 Å². The fourth-order valence-corrected chi connectivity index (χ4v) is 1.93. The van der Waals surface area contributed by atoms with E-state index < -0.39 is 12.1 Å². The number of nitrogens with zero attached hydrogens (tertiary/aromatic N) is 1. The van der Waals surface area contributed by atoms with Crippen LogP contribution in [-0.4, -0.2) is 16.9 Å². The number of hydrogen-bond donors (Lipinski definition) is 2. The van der Waals surface area contributed by atoms with E-state index in [0.29, 0.717) is 0 Å². The van der Waals surface area contributed by atoms with Crippen LogP contribution in [0.25, 0.3) is 10.9 Å². The average Bonchev–Trinajstić information content (AvgIpc) is 2.68. The minimum atomic E-state index is -0.605. The van der Waals surface area contributed by atoms with Crippen LogP contribution in [0, 0.1) is 0 Å². The number of pyridine rings is 1. The molecule has 1 aliphatic heterocycles. The lowest BCUT2D eigenvalue weighted by Gasteiger charge is -2.08. The summed E-state index contributed by atoms with van der Waals surface area (Å²) in [7, 11) is 0. The van der Waals surface area contributed by atoms with Crippen LogP contribution in [0.4, 0.5) is 4.79 Å². The maximum absolute atomic E-state index is 11.5. The summed E-state index contributed by atoms with van der Waals surface area (Å²) in [6.45, 7) is 0. The number of carbonyl (C=O) groups is 2. The molecular weight excluding hydrogens is 218 g/mol. The predicted molar refractivity (Wildman–Crippen MR) is 61.2 cm³/mol. The molecule has 5 heteroatoms. The molecule has 0 spiro atoms. The molecule has 1 unspecified atom stereocenters. The van der Waals surface area contributed by atoms with Crippen molar-refractivity contribution < 1.29 is 9.59 Å². The van der Waals surface area contributed by atoms with Gasteiger partial charge in [0.15, 0.2) is 0 Å². The summed E-state index contributed by atoms with van der Waals surface area (Å²) < 4.78 is 0. The van der Waals surface area contributed by atoms with Crippen LogP contribution in [0.5, 0.6) is 0 Å². The Morgan fingerprint density at radius 2 is 2.06 bits per heavy atom. The number of fused-ring (bicyclic) bond motifs is 1. The highest BCUT2D eigenvalue weighted by Gasteiger charge is 2.30. The summed E-state index contributed by atoms with van der Waals surface area (Å²) in [5, 5.41) is 5.72. The molecular formula is C12H9N3O2. The number of hydrogen-bond acceptors (Lipinski definition) is 3. The topological polar surface area (TPSA) is 71.1 Å². The fraction of sp³-hybridized carbons (Fsp3) is 0.0833. The van der Waals surface area contributed by atoms with Gasteiger partial charge in [0, 0.05) is 11.6 Å². The van der Waals surface area contributed by atoms with Crippen LogP contribution < -0.4 is 10.6 Å². The van der Waals surface area contributed by atoms with Crippen molar-refractivity contribution in [2.75, 3.05) is 0 Å². The Bertz CT molecular complexity index is 624. The van der Waals surface area contributed by atoms with Crippen LogP contribution in [0.1, 0.15) is 11.6 Å². The van der Waals surface area contributed by atoms with Gasteiger partial charge in [0.25, 0.3) is 5.91 Å². The van der Waals surface area contributed by atoms with Crippen LogP contribution >= 0.6 is 0 Å². The second-order valence-corrected chi connectivity index (χ2v) is 3.85. The first kappa shape index (κ1) is 9.77. The van der Waals surface area contributed by atoms with Gasteiger partial charge >= 0.3 is 6.03 Å². The third-order valence-electron chi connectivity index (χ3n) is 2.73. The van der Waals surface area contributed by atoms with Gasteiger partial charge in [0.1, 0.15) is 6.04 Å². The van der Waals surface area contributed by atoms with E-state index in [9.17, 15) is 9.59 Å². The standard InChI is InChI=1S/C12H9N3O2/c16-11-10(14-12(17)15-11)8-3-4-9-7(6-8)2-1-5-13-9/h1-6,10H,(H2,14,15,16,17). The predicted octanol–water partition coefficient (Wildman–Crippen LogP) is 1.12. The summed E-state index contributed by atoms with van der Waals surface area (Å²) >= 11 is 0. The number of rotatable bonds is 1. The minimum absolute atomic E-state index is 0.321. The fourth-order valence-electron chi connectivity index (χ4n) is 1.93. The third kappa shape index (κ3) is 1.61. The number of urea groups is 1. The number of benzene rings is 1. The maximum Gasteiger partial charge on any atom is 0.322 e. The highest BCUT2D eigenvalue weighted by molar-refractivity contribution is 6.04. The smallest absolute Gasteiger partial charge is 0.322 e. The normalized spacial score (nSPS) is 19.2. The largest absolute Gasteiger partial charge is 0.322 e. The lowest BCUT2D eigenvalue weighted by atomic mass is 10.0. The summed E-state index contributed by atoms with van der Waals surface area (Å²) in [6, 6.07) is 8.18. The zero-order valence-electron chi connectivity index (χ0n) is 8.81. The minimum Gasteiger partial charge on any atom is -0.322 e. The molecule has 0 aliphatic carbocycles. The molecule has 1 aromatic heterocycles. The monoisotopic (exact) mass is 227 g/mol. The van der Waals surface area contributed by atoms with E-state index in [1.165, 1.54) is 0 Å². The van der Waals surface area contributed by atoms with E-state index in [-0.39, 0.29) is 5.91 Å². The lowest BCUT2D eigenvalue weighted by Crippen LogP contribution is -2.22. The van der Waals surface area contributed by atoms with Crippen LogP contribution in [0.3, 0.4) is 0 Å². The number of carbonyl (C=O) groups excluding carboxylic acids is 2. The summed E-state index contributed by atoms with van der Waals surface area (Å²) in [6.07, 6.45) is 1.71. The highest BCUT2D eigenvalue weighted by atomic mass is 16.2. The molecule has 2 N–H and O–H groups in total. The van der Waals surface area contributed by atoms with E-state index >= 15 is 0 Å². The van der Waals surface area contributed by atoms with E-state index in [2.05, 4.69) is 15.6 Å². The molecule has 5 nitrogen and oxygen atoms in total. The summed E-state index contributed by atoms with van der Waals surface area (Å²) in [4.78, 5) is 26.8. The van der Waals surface area contributed by atoms with E-state index in [1.807, 2.05) is 24.3 Å². The Morgan fingerprint density at radius 1 is 1.18 bits per heavy atom. The molecule has 3 rings (SSSR count). The van der Waals surface area contributed by atoms with Crippen molar-refractivity contribution in [3.05, 3.63) is 42.1 Å². The van der Waals surface area contributed by atoms with E-state index in [4.69, 9.17) is 0 Å². The second kappa shape index (κ2) is 3.55.